The number of hydrogen-bond acceptors (Lipinski definition) is 4. The molecule has 0 amide bonds. The van der Waals surface area contributed by atoms with Gasteiger partial charge in [0, 0.05) is 26.2 Å². The molecular formula is C16H31N3O3. The molecule has 0 aliphatic carbocycles. The van der Waals surface area contributed by atoms with Gasteiger partial charge in [-0.3, -0.25) is 9.79 Å². The Kier molecular flexibility index (Phi) is 9.62. The van der Waals surface area contributed by atoms with Crippen LogP contribution < -0.4 is 5.32 Å². The van der Waals surface area contributed by atoms with E-state index < -0.39 is 0 Å². The summed E-state index contributed by atoms with van der Waals surface area (Å²) in [6.07, 6.45) is 3.90. The molecule has 1 saturated heterocycles. The van der Waals surface area contributed by atoms with E-state index in [9.17, 15) is 4.79 Å². The van der Waals surface area contributed by atoms with Crippen LogP contribution in [-0.2, 0) is 14.3 Å². The van der Waals surface area contributed by atoms with E-state index >= 15 is 0 Å². The zero-order valence-electron chi connectivity index (χ0n) is 14.3. The molecule has 22 heavy (non-hydrogen) atoms. The third-order valence-corrected chi connectivity index (χ3v) is 3.80. The van der Waals surface area contributed by atoms with Crippen molar-refractivity contribution in [2.24, 2.45) is 10.9 Å². The lowest BCUT2D eigenvalue weighted by Crippen LogP contribution is -2.46. The highest BCUT2D eigenvalue weighted by Gasteiger charge is 2.26. The zero-order valence-corrected chi connectivity index (χ0v) is 14.3. The highest BCUT2D eigenvalue weighted by atomic mass is 16.5. The molecule has 0 saturated carbocycles. The van der Waals surface area contributed by atoms with Crippen LogP contribution >= 0.6 is 0 Å². The summed E-state index contributed by atoms with van der Waals surface area (Å²) >= 11 is 0. The van der Waals surface area contributed by atoms with Crippen LogP contribution in [0.15, 0.2) is 4.99 Å². The Labute approximate surface area is 134 Å². The van der Waals surface area contributed by atoms with Gasteiger partial charge in [0.05, 0.1) is 26.2 Å². The maximum absolute atomic E-state index is 11.6. The quantitative estimate of drug-likeness (QED) is 0.319. The van der Waals surface area contributed by atoms with Gasteiger partial charge in [-0.1, -0.05) is 13.3 Å². The highest BCUT2D eigenvalue weighted by molar-refractivity contribution is 5.80. The number of hydrogen-bond donors (Lipinski definition) is 1. The molecule has 6 nitrogen and oxygen atoms in total. The van der Waals surface area contributed by atoms with Crippen molar-refractivity contribution >= 4 is 11.9 Å². The largest absolute Gasteiger partial charge is 0.469 e. The minimum absolute atomic E-state index is 0.0292. The molecular weight excluding hydrogens is 282 g/mol. The molecule has 0 bridgehead atoms. The van der Waals surface area contributed by atoms with Gasteiger partial charge in [0.15, 0.2) is 5.96 Å². The second kappa shape index (κ2) is 11.3. The maximum Gasteiger partial charge on any atom is 0.308 e. The van der Waals surface area contributed by atoms with Gasteiger partial charge in [-0.15, -0.1) is 0 Å². The minimum atomic E-state index is -0.0917. The predicted molar refractivity (Wildman–Crippen MR) is 88.0 cm³/mol. The first kappa shape index (κ1) is 18.7. The van der Waals surface area contributed by atoms with E-state index in [2.05, 4.69) is 29.1 Å². The van der Waals surface area contributed by atoms with Crippen LogP contribution in [0.2, 0.25) is 0 Å². The molecule has 1 aliphatic rings. The van der Waals surface area contributed by atoms with E-state index in [1.165, 1.54) is 7.11 Å². The number of methoxy groups -OCH3 is 1. The molecule has 0 unspecified atom stereocenters. The number of nitrogens with one attached hydrogen (secondary N) is 1. The smallest absolute Gasteiger partial charge is 0.308 e. The molecule has 128 valence electrons. The van der Waals surface area contributed by atoms with Crippen LogP contribution in [0.3, 0.4) is 0 Å². The number of carbonyl (C=O) groups is 1. The van der Waals surface area contributed by atoms with Gasteiger partial charge in [0.1, 0.15) is 0 Å². The van der Waals surface area contributed by atoms with Gasteiger partial charge in [-0.25, -0.2) is 0 Å². The second-order valence-corrected chi connectivity index (χ2v) is 5.49. The number of unbranched alkanes of at least 4 members (excludes halogenated alkanes) is 1. The SMILES string of the molecule is CCCCOCCN=C(NCC)N1CCC(C(=O)OC)CC1. The van der Waals surface area contributed by atoms with Gasteiger partial charge in [0.25, 0.3) is 0 Å². The summed E-state index contributed by atoms with van der Waals surface area (Å²) in [4.78, 5) is 18.4. The predicted octanol–water partition coefficient (Wildman–Crippen LogP) is 1.65. The summed E-state index contributed by atoms with van der Waals surface area (Å²) in [5, 5.41) is 3.32. The van der Waals surface area contributed by atoms with Gasteiger partial charge in [-0.05, 0) is 26.2 Å². The van der Waals surface area contributed by atoms with Crippen molar-refractivity contribution in [1.29, 1.82) is 0 Å². The molecule has 1 N–H and O–H groups in total. The molecule has 1 heterocycles. The topological polar surface area (TPSA) is 63.2 Å². The number of esters is 1. The van der Waals surface area contributed by atoms with E-state index in [-0.39, 0.29) is 11.9 Å². The molecule has 1 aliphatic heterocycles. The number of guanidine groups is 1. The molecule has 0 spiro atoms. The molecule has 0 aromatic carbocycles. The average Bonchev–Trinajstić information content (AvgIpc) is 2.56. The lowest BCUT2D eigenvalue weighted by molar-refractivity contribution is -0.146. The van der Waals surface area contributed by atoms with Crippen LogP contribution in [0.25, 0.3) is 0 Å². The number of piperidine rings is 1. The summed E-state index contributed by atoms with van der Waals surface area (Å²) in [6, 6.07) is 0. The van der Waals surface area contributed by atoms with Crippen LogP contribution in [0.5, 0.6) is 0 Å². The first-order valence-electron chi connectivity index (χ1n) is 8.41. The van der Waals surface area contributed by atoms with Crippen LogP contribution in [0, 0.1) is 5.92 Å². The first-order chi connectivity index (χ1) is 10.7. The lowest BCUT2D eigenvalue weighted by atomic mass is 9.97. The Balaban J connectivity index is 2.38. The number of ether oxygens (including phenoxy) is 2. The fourth-order valence-electron chi connectivity index (χ4n) is 2.48. The lowest BCUT2D eigenvalue weighted by Gasteiger charge is -2.33. The van der Waals surface area contributed by atoms with Crippen molar-refractivity contribution in [3.05, 3.63) is 0 Å². The van der Waals surface area contributed by atoms with Crippen LogP contribution in [0.4, 0.5) is 0 Å². The third kappa shape index (κ3) is 6.64. The number of nitrogens with zero attached hydrogens (tertiary/aromatic N) is 2. The van der Waals surface area contributed by atoms with Crippen molar-refractivity contribution in [2.75, 3.05) is 46.5 Å². The standard InChI is InChI=1S/C16H31N3O3/c1-4-6-12-22-13-9-18-16(17-5-2)19-10-7-14(8-11-19)15(20)21-3/h14H,4-13H2,1-3H3,(H,17,18). The van der Waals surface area contributed by atoms with Crippen molar-refractivity contribution in [3.8, 4) is 0 Å². The van der Waals surface area contributed by atoms with Crippen molar-refractivity contribution < 1.29 is 14.3 Å². The van der Waals surface area contributed by atoms with Gasteiger partial charge in [0.2, 0.25) is 0 Å². The molecule has 0 aromatic heterocycles. The van der Waals surface area contributed by atoms with E-state index in [4.69, 9.17) is 9.47 Å². The Hall–Kier alpha value is -1.30. The monoisotopic (exact) mass is 313 g/mol. The molecule has 0 radical (unpaired) electrons. The third-order valence-electron chi connectivity index (χ3n) is 3.80. The Bertz CT molecular complexity index is 340. The van der Waals surface area contributed by atoms with Crippen molar-refractivity contribution in [3.63, 3.8) is 0 Å². The molecule has 6 heteroatoms. The summed E-state index contributed by atoms with van der Waals surface area (Å²) in [6.45, 7) is 8.87. The maximum atomic E-state index is 11.6. The Morgan fingerprint density at radius 2 is 2.00 bits per heavy atom. The first-order valence-corrected chi connectivity index (χ1v) is 8.41. The van der Waals surface area contributed by atoms with Gasteiger partial charge in [-0.2, -0.15) is 0 Å². The number of carbonyl (C=O) groups excluding carboxylic acids is 1. The second-order valence-electron chi connectivity index (χ2n) is 5.49. The highest BCUT2D eigenvalue weighted by Crippen LogP contribution is 2.18. The van der Waals surface area contributed by atoms with Gasteiger partial charge < -0.3 is 19.7 Å². The number of rotatable bonds is 8. The number of likely N-dealkylation sites (tertiary alicyclic amines) is 1. The van der Waals surface area contributed by atoms with Gasteiger partial charge >= 0.3 is 5.97 Å². The van der Waals surface area contributed by atoms with E-state index in [1.807, 2.05) is 0 Å². The summed E-state index contributed by atoms with van der Waals surface area (Å²) in [5.74, 6) is 0.859. The summed E-state index contributed by atoms with van der Waals surface area (Å²) in [5.41, 5.74) is 0. The summed E-state index contributed by atoms with van der Waals surface area (Å²) < 4.78 is 10.4. The van der Waals surface area contributed by atoms with Crippen LogP contribution in [-0.4, -0.2) is 63.3 Å². The summed E-state index contributed by atoms with van der Waals surface area (Å²) in [7, 11) is 1.46. The Morgan fingerprint density at radius 1 is 1.27 bits per heavy atom. The Morgan fingerprint density at radius 3 is 2.59 bits per heavy atom. The number of aliphatic imine (C=N–C) groups is 1. The molecule has 1 rings (SSSR count). The molecule has 0 aromatic rings. The average molecular weight is 313 g/mol. The van der Waals surface area contributed by atoms with E-state index in [1.54, 1.807) is 0 Å². The molecule has 0 atom stereocenters. The van der Waals surface area contributed by atoms with Crippen LogP contribution in [0.1, 0.15) is 39.5 Å². The zero-order chi connectivity index (χ0) is 16.2. The van der Waals surface area contributed by atoms with Crippen molar-refractivity contribution in [2.45, 2.75) is 39.5 Å². The minimum Gasteiger partial charge on any atom is -0.469 e. The fraction of sp³-hybridized carbons (Fsp3) is 0.875. The fourth-order valence-corrected chi connectivity index (χ4v) is 2.48. The normalized spacial score (nSPS) is 16.7. The van der Waals surface area contributed by atoms with Crippen molar-refractivity contribution in [1.82, 2.24) is 10.2 Å². The van der Waals surface area contributed by atoms with E-state index in [0.717, 1.165) is 57.9 Å². The van der Waals surface area contributed by atoms with E-state index in [0.29, 0.717) is 13.2 Å². The molecule has 1 fully saturated rings.